The Labute approximate surface area is 121 Å². The summed E-state index contributed by atoms with van der Waals surface area (Å²) in [6.07, 6.45) is -0.124. The van der Waals surface area contributed by atoms with Crippen LogP contribution in [0.1, 0.15) is 41.6 Å². The van der Waals surface area contributed by atoms with E-state index < -0.39 is 11.9 Å². The lowest BCUT2D eigenvalue weighted by atomic mass is 9.86. The Morgan fingerprint density at radius 1 is 1.29 bits per heavy atom. The highest BCUT2D eigenvalue weighted by atomic mass is 19.3. The Kier molecular flexibility index (Phi) is 4.55. The lowest BCUT2D eigenvalue weighted by Gasteiger charge is -2.27. The highest BCUT2D eigenvalue weighted by molar-refractivity contribution is 5.87. The second-order valence-corrected chi connectivity index (χ2v) is 5.35. The molecule has 1 aliphatic carbocycles. The number of carbonyl (C=O) groups is 2. The van der Waals surface area contributed by atoms with Gasteiger partial charge in [-0.25, -0.2) is 13.6 Å². The zero-order valence-electron chi connectivity index (χ0n) is 11.4. The van der Waals surface area contributed by atoms with E-state index in [0.717, 1.165) is 0 Å². The average Bonchev–Trinajstić information content (AvgIpc) is 2.45. The van der Waals surface area contributed by atoms with Crippen LogP contribution >= 0.6 is 0 Å². The molecule has 6 heteroatoms. The number of hydrogen-bond donors (Lipinski definition) is 2. The van der Waals surface area contributed by atoms with Gasteiger partial charge in [0.15, 0.2) is 0 Å². The zero-order valence-corrected chi connectivity index (χ0v) is 11.4. The number of carboxylic acid groups (broad SMARTS) is 1. The van der Waals surface area contributed by atoms with Gasteiger partial charge < -0.3 is 10.4 Å². The van der Waals surface area contributed by atoms with Crippen molar-refractivity contribution in [2.75, 3.05) is 0 Å². The van der Waals surface area contributed by atoms with Crippen LogP contribution in [0.25, 0.3) is 0 Å². The molecule has 0 heterocycles. The lowest BCUT2D eigenvalue weighted by Crippen LogP contribution is -2.35. The summed E-state index contributed by atoms with van der Waals surface area (Å²) in [5.41, 5.74) is 0.823. The van der Waals surface area contributed by atoms with Crippen molar-refractivity contribution in [3.05, 3.63) is 35.4 Å². The van der Waals surface area contributed by atoms with Gasteiger partial charge in [0.25, 0.3) is 0 Å². The molecule has 0 bridgehead atoms. The maximum absolute atomic E-state index is 13.0. The van der Waals surface area contributed by atoms with Gasteiger partial charge in [0.1, 0.15) is 0 Å². The summed E-state index contributed by atoms with van der Waals surface area (Å²) in [4.78, 5) is 22.8. The average molecular weight is 297 g/mol. The number of amides is 1. The summed E-state index contributed by atoms with van der Waals surface area (Å²) < 4.78 is 26.0. The maximum atomic E-state index is 13.0. The van der Waals surface area contributed by atoms with Gasteiger partial charge in [-0.15, -0.1) is 0 Å². The van der Waals surface area contributed by atoms with E-state index in [-0.39, 0.29) is 49.6 Å². The van der Waals surface area contributed by atoms with Crippen molar-refractivity contribution < 1.29 is 23.5 Å². The van der Waals surface area contributed by atoms with Gasteiger partial charge in [0.2, 0.25) is 11.8 Å². The van der Waals surface area contributed by atoms with E-state index in [9.17, 15) is 18.4 Å². The molecule has 1 aliphatic rings. The molecule has 0 atom stereocenters. The Bertz CT molecular complexity index is 535. The summed E-state index contributed by atoms with van der Waals surface area (Å²) >= 11 is 0. The topological polar surface area (TPSA) is 66.4 Å². The van der Waals surface area contributed by atoms with Gasteiger partial charge >= 0.3 is 5.97 Å². The molecule has 114 valence electrons. The molecule has 0 saturated heterocycles. The molecule has 2 N–H and O–H groups in total. The van der Waals surface area contributed by atoms with Gasteiger partial charge in [-0.2, -0.15) is 0 Å². The van der Waals surface area contributed by atoms with Crippen LogP contribution in [-0.2, 0) is 11.3 Å². The monoisotopic (exact) mass is 297 g/mol. The minimum atomic E-state index is -2.65. The SMILES string of the molecule is O=C(O)c1cccc(CNC(=O)C2CCC(F)(F)CC2)c1. The van der Waals surface area contributed by atoms with E-state index in [4.69, 9.17) is 5.11 Å². The first-order valence-corrected chi connectivity index (χ1v) is 6.85. The fraction of sp³-hybridized carbons (Fsp3) is 0.467. The van der Waals surface area contributed by atoms with Gasteiger partial charge in [0.05, 0.1) is 5.56 Å². The molecule has 1 saturated carbocycles. The standard InChI is InChI=1S/C15H17F2NO3/c16-15(17)6-4-11(5-7-15)13(19)18-9-10-2-1-3-12(8-10)14(20)21/h1-3,8,11H,4-7,9H2,(H,18,19)(H,20,21). The van der Waals surface area contributed by atoms with E-state index in [2.05, 4.69) is 5.32 Å². The van der Waals surface area contributed by atoms with Crippen molar-refractivity contribution in [1.29, 1.82) is 0 Å². The van der Waals surface area contributed by atoms with Crippen molar-refractivity contribution in [2.45, 2.75) is 38.2 Å². The molecule has 0 radical (unpaired) electrons. The lowest BCUT2D eigenvalue weighted by molar-refractivity contribution is -0.129. The zero-order chi connectivity index (χ0) is 15.5. The minimum Gasteiger partial charge on any atom is -0.478 e. The van der Waals surface area contributed by atoms with Crippen LogP contribution in [0.5, 0.6) is 0 Å². The molecule has 21 heavy (non-hydrogen) atoms. The fourth-order valence-electron chi connectivity index (χ4n) is 2.45. The highest BCUT2D eigenvalue weighted by Crippen LogP contribution is 2.36. The molecule has 1 aromatic carbocycles. The maximum Gasteiger partial charge on any atom is 0.335 e. The van der Waals surface area contributed by atoms with Crippen LogP contribution in [0.2, 0.25) is 0 Å². The quantitative estimate of drug-likeness (QED) is 0.898. The Morgan fingerprint density at radius 3 is 2.57 bits per heavy atom. The van der Waals surface area contributed by atoms with Crippen LogP contribution < -0.4 is 5.32 Å². The molecule has 4 nitrogen and oxygen atoms in total. The summed E-state index contributed by atoms with van der Waals surface area (Å²) in [7, 11) is 0. The predicted octanol–water partition coefficient (Wildman–Crippen LogP) is 2.83. The number of alkyl halides is 2. The summed E-state index contributed by atoms with van der Waals surface area (Å²) in [5.74, 6) is -4.30. The highest BCUT2D eigenvalue weighted by Gasteiger charge is 2.37. The number of rotatable bonds is 4. The number of halogens is 2. The Balaban J connectivity index is 1.87. The number of nitrogens with one attached hydrogen (secondary N) is 1. The third kappa shape index (κ3) is 4.24. The third-order valence-corrected chi connectivity index (χ3v) is 3.73. The van der Waals surface area contributed by atoms with Crippen molar-refractivity contribution in [3.63, 3.8) is 0 Å². The van der Waals surface area contributed by atoms with E-state index in [0.29, 0.717) is 5.56 Å². The summed E-state index contributed by atoms with van der Waals surface area (Å²) in [6.45, 7) is 0.201. The van der Waals surface area contributed by atoms with E-state index >= 15 is 0 Å². The number of hydrogen-bond acceptors (Lipinski definition) is 2. The third-order valence-electron chi connectivity index (χ3n) is 3.73. The summed E-state index contributed by atoms with van der Waals surface area (Å²) in [5, 5.41) is 11.6. The predicted molar refractivity (Wildman–Crippen MR) is 72.2 cm³/mol. The molecule has 1 aromatic rings. The van der Waals surface area contributed by atoms with E-state index in [1.807, 2.05) is 0 Å². The number of aromatic carboxylic acids is 1. The van der Waals surface area contributed by atoms with Crippen LogP contribution in [0.3, 0.4) is 0 Å². The largest absolute Gasteiger partial charge is 0.478 e. The van der Waals surface area contributed by atoms with Gasteiger partial charge in [-0.3, -0.25) is 4.79 Å². The molecule has 0 spiro atoms. The van der Waals surface area contributed by atoms with E-state index in [1.165, 1.54) is 12.1 Å². The van der Waals surface area contributed by atoms with Crippen LogP contribution in [0, 0.1) is 5.92 Å². The molecular formula is C15H17F2NO3. The molecule has 0 aliphatic heterocycles. The van der Waals surface area contributed by atoms with Crippen LogP contribution in [0.15, 0.2) is 24.3 Å². The normalized spacial score (nSPS) is 18.2. The van der Waals surface area contributed by atoms with Gasteiger partial charge in [-0.1, -0.05) is 12.1 Å². The number of carboxylic acids is 1. The van der Waals surface area contributed by atoms with Gasteiger partial charge in [-0.05, 0) is 30.5 Å². The molecule has 1 amide bonds. The first kappa shape index (κ1) is 15.4. The fourth-order valence-corrected chi connectivity index (χ4v) is 2.45. The second-order valence-electron chi connectivity index (χ2n) is 5.35. The van der Waals surface area contributed by atoms with Crippen molar-refractivity contribution in [2.24, 2.45) is 5.92 Å². The first-order valence-electron chi connectivity index (χ1n) is 6.85. The van der Waals surface area contributed by atoms with Crippen molar-refractivity contribution in [3.8, 4) is 0 Å². The summed E-state index contributed by atoms with van der Waals surface area (Å²) in [6, 6.07) is 6.27. The van der Waals surface area contributed by atoms with Crippen LogP contribution in [0.4, 0.5) is 8.78 Å². The number of carbonyl (C=O) groups excluding carboxylic acids is 1. The molecule has 0 aromatic heterocycles. The van der Waals surface area contributed by atoms with E-state index in [1.54, 1.807) is 12.1 Å². The molecule has 2 rings (SSSR count). The smallest absolute Gasteiger partial charge is 0.335 e. The first-order chi connectivity index (χ1) is 9.87. The minimum absolute atomic E-state index is 0.152. The molecular weight excluding hydrogens is 280 g/mol. The van der Waals surface area contributed by atoms with Crippen molar-refractivity contribution in [1.82, 2.24) is 5.32 Å². The molecule has 0 unspecified atom stereocenters. The van der Waals surface area contributed by atoms with Crippen LogP contribution in [-0.4, -0.2) is 22.9 Å². The molecule has 1 fully saturated rings. The Morgan fingerprint density at radius 2 is 1.95 bits per heavy atom. The second kappa shape index (κ2) is 6.20. The number of benzene rings is 1. The van der Waals surface area contributed by atoms with Gasteiger partial charge in [0, 0.05) is 25.3 Å². The Hall–Kier alpha value is -1.98. The van der Waals surface area contributed by atoms with Crippen molar-refractivity contribution >= 4 is 11.9 Å².